The minimum absolute atomic E-state index is 0.0136. The van der Waals surface area contributed by atoms with Gasteiger partial charge in [-0.1, -0.05) is 59.3 Å². The maximum absolute atomic E-state index is 13.1. The molecule has 4 aliphatic carbocycles. The van der Waals surface area contributed by atoms with Crippen LogP contribution in [0.1, 0.15) is 132 Å². The Bertz CT molecular complexity index is 1220. The van der Waals surface area contributed by atoms with E-state index >= 15 is 0 Å². The van der Waals surface area contributed by atoms with Crippen molar-refractivity contribution >= 4 is 17.3 Å². The van der Waals surface area contributed by atoms with Gasteiger partial charge in [0, 0.05) is 23.2 Å². The Morgan fingerprint density at radius 2 is 1.67 bits per heavy atom. The van der Waals surface area contributed by atoms with Crippen LogP contribution in [-0.2, 0) is 16.0 Å². The Kier molecular flexibility index (Phi) is 8.86. The number of aryl methyl sites for hydroxylation is 1. The van der Waals surface area contributed by atoms with Crippen LogP contribution in [0, 0.1) is 51.2 Å². The van der Waals surface area contributed by atoms with Gasteiger partial charge in [-0.3, -0.25) is 4.79 Å². The van der Waals surface area contributed by atoms with Crippen molar-refractivity contribution in [2.24, 2.45) is 51.2 Å². The van der Waals surface area contributed by atoms with Crippen LogP contribution in [0.25, 0.3) is 0 Å². The maximum Gasteiger partial charge on any atom is 0.306 e. The van der Waals surface area contributed by atoms with Crippen LogP contribution in [0.2, 0.25) is 0 Å². The van der Waals surface area contributed by atoms with Gasteiger partial charge in [-0.15, -0.1) is 0 Å². The molecule has 0 aliphatic heterocycles. The van der Waals surface area contributed by atoms with Gasteiger partial charge in [-0.25, -0.2) is 0 Å². The summed E-state index contributed by atoms with van der Waals surface area (Å²) in [6.07, 6.45) is 16.3. The zero-order chi connectivity index (χ0) is 31.4. The first-order chi connectivity index (χ1) is 20.1. The lowest BCUT2D eigenvalue weighted by Gasteiger charge is -2.67. The molecule has 1 aromatic rings. The molecule has 4 heteroatoms. The summed E-state index contributed by atoms with van der Waals surface area (Å²) in [5, 5.41) is 0. The molecule has 0 radical (unpaired) electrons. The number of nitrogen functional groups attached to an aromatic ring is 2. The number of esters is 1. The highest BCUT2D eigenvalue weighted by atomic mass is 16.5. The van der Waals surface area contributed by atoms with E-state index in [2.05, 4.69) is 61.5 Å². The van der Waals surface area contributed by atoms with Crippen molar-refractivity contribution in [1.29, 1.82) is 0 Å². The third-order valence-electron chi connectivity index (χ3n) is 14.4. The van der Waals surface area contributed by atoms with E-state index in [1.54, 1.807) is 6.07 Å². The minimum Gasteiger partial charge on any atom is -0.462 e. The van der Waals surface area contributed by atoms with E-state index in [0.717, 1.165) is 35.7 Å². The van der Waals surface area contributed by atoms with Gasteiger partial charge >= 0.3 is 5.97 Å². The number of benzene rings is 1. The second kappa shape index (κ2) is 11.8. The van der Waals surface area contributed by atoms with Crippen LogP contribution >= 0.6 is 0 Å². The van der Waals surface area contributed by atoms with Crippen LogP contribution in [0.15, 0.2) is 29.8 Å². The molecule has 0 heterocycles. The van der Waals surface area contributed by atoms with E-state index in [4.69, 9.17) is 16.2 Å². The average molecular weight is 591 g/mol. The largest absolute Gasteiger partial charge is 0.462 e. The number of carbonyl (C=O) groups excluding carboxylic acids is 1. The van der Waals surface area contributed by atoms with Crippen molar-refractivity contribution in [3.63, 3.8) is 0 Å². The second-order valence-electron chi connectivity index (χ2n) is 17.0. The molecule has 0 bridgehead atoms. The summed E-state index contributed by atoms with van der Waals surface area (Å²) in [4.78, 5) is 13.1. The highest BCUT2D eigenvalue weighted by molar-refractivity contribution is 5.70. The Labute approximate surface area is 263 Å². The molecule has 4 N–H and O–H groups in total. The van der Waals surface area contributed by atoms with Gasteiger partial charge in [0.15, 0.2) is 0 Å². The van der Waals surface area contributed by atoms with Crippen molar-refractivity contribution in [2.45, 2.75) is 139 Å². The molecule has 4 fully saturated rings. The predicted molar refractivity (Wildman–Crippen MR) is 180 cm³/mol. The highest BCUT2D eigenvalue weighted by Crippen LogP contribution is 2.74. The number of carbonyl (C=O) groups is 1. The fourth-order valence-electron chi connectivity index (χ4n) is 11.8. The van der Waals surface area contributed by atoms with Gasteiger partial charge in [-0.2, -0.15) is 0 Å². The van der Waals surface area contributed by atoms with Crippen LogP contribution in [-0.4, -0.2) is 12.1 Å². The summed E-state index contributed by atoms with van der Waals surface area (Å²) >= 11 is 0. The van der Waals surface area contributed by atoms with Gasteiger partial charge in [-0.05, 0) is 148 Å². The number of rotatable bonds is 8. The lowest BCUT2D eigenvalue weighted by atomic mass is 9.38. The third kappa shape index (κ3) is 5.56. The van der Waals surface area contributed by atoms with Crippen molar-refractivity contribution in [1.82, 2.24) is 0 Å². The molecule has 4 saturated carbocycles. The van der Waals surface area contributed by atoms with Gasteiger partial charge in [0.2, 0.25) is 0 Å². The molecule has 240 valence electrons. The third-order valence-corrected chi connectivity index (χ3v) is 14.4. The van der Waals surface area contributed by atoms with Crippen molar-refractivity contribution in [3.05, 3.63) is 35.4 Å². The molecule has 9 unspecified atom stereocenters. The second-order valence-corrected chi connectivity index (χ2v) is 17.0. The molecule has 0 amide bonds. The first-order valence-corrected chi connectivity index (χ1v) is 17.6. The van der Waals surface area contributed by atoms with Crippen LogP contribution in [0.5, 0.6) is 0 Å². The number of anilines is 2. The molecule has 0 spiro atoms. The smallest absolute Gasteiger partial charge is 0.306 e. The number of hydrogen-bond acceptors (Lipinski definition) is 4. The molecule has 4 aliphatic rings. The van der Waals surface area contributed by atoms with E-state index in [1.807, 2.05) is 12.1 Å². The Balaban J connectivity index is 1.26. The molecular formula is C39H62N2O2. The zero-order valence-electron chi connectivity index (χ0n) is 28.7. The molecule has 5 rings (SSSR count). The molecule has 4 nitrogen and oxygen atoms in total. The topological polar surface area (TPSA) is 78.3 Å². The van der Waals surface area contributed by atoms with Crippen LogP contribution in [0.3, 0.4) is 0 Å². The summed E-state index contributed by atoms with van der Waals surface area (Å²) in [7, 11) is 0. The Morgan fingerprint density at radius 3 is 2.37 bits per heavy atom. The number of ether oxygens (including phenoxy) is 1. The van der Waals surface area contributed by atoms with E-state index in [0.29, 0.717) is 46.4 Å². The summed E-state index contributed by atoms with van der Waals surface area (Å²) < 4.78 is 6.31. The molecule has 0 aromatic heterocycles. The van der Waals surface area contributed by atoms with E-state index in [9.17, 15) is 4.79 Å². The van der Waals surface area contributed by atoms with Gasteiger partial charge in [0.1, 0.15) is 6.10 Å². The Morgan fingerprint density at radius 1 is 0.953 bits per heavy atom. The summed E-state index contributed by atoms with van der Waals surface area (Å²) in [5.41, 5.74) is 16.9. The average Bonchev–Trinajstić information content (AvgIpc) is 3.21. The number of nitrogens with two attached hydrogens (primary N) is 2. The SMILES string of the molecule is CC(C)=CCCC(C)C1CCC2(C)C3CCC4C(C)(C)C(OC(=O)CCc5ccc(N)cc5N)CCC4(C)C3CCC12C. The summed E-state index contributed by atoms with van der Waals surface area (Å²) in [6.45, 7) is 19.9. The summed E-state index contributed by atoms with van der Waals surface area (Å²) in [5.74, 6) is 3.75. The number of hydrogen-bond donors (Lipinski definition) is 2. The standard InChI is InChI=1S/C39H62N2O2/c1-25(2)10-9-11-26(3)29-18-22-39(8)31-15-16-33-36(4,5)34(20-21-37(33,6)30(31)19-23-38(29,39)7)43-35(42)17-13-27-12-14-28(40)24-32(27)41/h10,12,14,24,26,29-31,33-34H,9,11,13,15-23,40-41H2,1-8H3. The van der Waals surface area contributed by atoms with Gasteiger partial charge in [0.25, 0.3) is 0 Å². The maximum atomic E-state index is 13.1. The summed E-state index contributed by atoms with van der Waals surface area (Å²) in [6, 6.07) is 5.56. The van der Waals surface area contributed by atoms with E-state index in [1.165, 1.54) is 63.4 Å². The first kappa shape index (κ1) is 32.4. The predicted octanol–water partition coefficient (Wildman–Crippen LogP) is 9.76. The van der Waals surface area contributed by atoms with Crippen LogP contribution in [0.4, 0.5) is 11.4 Å². The van der Waals surface area contributed by atoms with Gasteiger partial charge in [0.05, 0.1) is 0 Å². The van der Waals surface area contributed by atoms with E-state index < -0.39 is 0 Å². The molecule has 43 heavy (non-hydrogen) atoms. The monoisotopic (exact) mass is 590 g/mol. The molecule has 9 atom stereocenters. The zero-order valence-corrected chi connectivity index (χ0v) is 28.7. The first-order valence-electron chi connectivity index (χ1n) is 17.6. The normalized spacial score (nSPS) is 38.7. The van der Waals surface area contributed by atoms with Crippen molar-refractivity contribution in [2.75, 3.05) is 11.5 Å². The van der Waals surface area contributed by atoms with Crippen molar-refractivity contribution < 1.29 is 9.53 Å². The molecular weight excluding hydrogens is 528 g/mol. The van der Waals surface area contributed by atoms with E-state index in [-0.39, 0.29) is 17.5 Å². The quantitative estimate of drug-likeness (QED) is 0.179. The molecule has 0 saturated heterocycles. The van der Waals surface area contributed by atoms with Crippen molar-refractivity contribution in [3.8, 4) is 0 Å². The minimum atomic E-state index is -0.0942. The van der Waals surface area contributed by atoms with Gasteiger partial charge < -0.3 is 16.2 Å². The lowest BCUT2D eigenvalue weighted by Crippen LogP contribution is -2.62. The van der Waals surface area contributed by atoms with Crippen LogP contribution < -0.4 is 11.5 Å². The lowest BCUT2D eigenvalue weighted by molar-refractivity contribution is -0.210. The number of fused-ring (bicyclic) bond motifs is 5. The fourth-order valence-corrected chi connectivity index (χ4v) is 11.8. The number of allylic oxidation sites excluding steroid dienone is 2. The fraction of sp³-hybridized carbons (Fsp3) is 0.769. The highest BCUT2D eigenvalue weighted by Gasteiger charge is 2.67. The Hall–Kier alpha value is -1.97. The molecule has 1 aromatic carbocycles.